The van der Waals surface area contributed by atoms with Crippen molar-refractivity contribution in [2.75, 3.05) is 32.1 Å². The molecule has 7 heteroatoms. The molecule has 1 aliphatic rings. The molecule has 0 unspecified atom stereocenters. The molecule has 0 atom stereocenters. The van der Waals surface area contributed by atoms with Crippen molar-refractivity contribution >= 4 is 33.1 Å². The Morgan fingerprint density at radius 2 is 1.96 bits per heavy atom. The van der Waals surface area contributed by atoms with E-state index < -0.39 is 0 Å². The van der Waals surface area contributed by atoms with Crippen LogP contribution in [0.2, 0.25) is 0 Å². The molecule has 5 nitrogen and oxygen atoms in total. The number of aromatic nitrogens is 1. The SMILES string of the molecule is CN(C)c1cccc(C(=O)N2CCC(Oc3nc4c(F)cccc4s3)CC2)c1. The lowest BCUT2D eigenvalue weighted by Gasteiger charge is -2.31. The first-order valence-electron chi connectivity index (χ1n) is 9.29. The van der Waals surface area contributed by atoms with Gasteiger partial charge in [-0.3, -0.25) is 4.79 Å². The molecule has 1 aromatic heterocycles. The minimum absolute atomic E-state index is 0.0132. The standard InChI is InChI=1S/C21H22FN3O2S/c1-24(2)15-6-3-5-14(13-15)20(26)25-11-9-16(10-12-25)27-21-23-19-17(22)7-4-8-18(19)28-21/h3-8,13,16H,9-12H2,1-2H3. The number of hydrogen-bond acceptors (Lipinski definition) is 5. The molecule has 1 amide bonds. The summed E-state index contributed by atoms with van der Waals surface area (Å²) in [6, 6.07) is 12.6. The van der Waals surface area contributed by atoms with Gasteiger partial charge in [-0.05, 0) is 30.3 Å². The first-order valence-corrected chi connectivity index (χ1v) is 10.1. The summed E-state index contributed by atoms with van der Waals surface area (Å²) < 4.78 is 20.6. The highest BCUT2D eigenvalue weighted by atomic mass is 32.1. The maximum Gasteiger partial charge on any atom is 0.274 e. The smallest absolute Gasteiger partial charge is 0.274 e. The number of ether oxygens (including phenoxy) is 1. The van der Waals surface area contributed by atoms with Crippen LogP contribution in [0.15, 0.2) is 42.5 Å². The number of thiazole rings is 1. The Bertz CT molecular complexity index is 996. The highest BCUT2D eigenvalue weighted by Crippen LogP contribution is 2.31. The minimum Gasteiger partial charge on any atom is -0.467 e. The zero-order valence-electron chi connectivity index (χ0n) is 15.9. The van der Waals surface area contributed by atoms with E-state index >= 15 is 0 Å². The van der Waals surface area contributed by atoms with Gasteiger partial charge in [0.1, 0.15) is 17.4 Å². The molecule has 146 valence electrons. The fraction of sp³-hybridized carbons (Fsp3) is 0.333. The van der Waals surface area contributed by atoms with Crippen LogP contribution in [0.25, 0.3) is 10.2 Å². The van der Waals surface area contributed by atoms with Crippen molar-refractivity contribution in [3.63, 3.8) is 0 Å². The second kappa shape index (κ2) is 7.75. The summed E-state index contributed by atoms with van der Waals surface area (Å²) in [5.41, 5.74) is 2.07. The zero-order valence-corrected chi connectivity index (χ0v) is 16.7. The topological polar surface area (TPSA) is 45.7 Å². The molecule has 0 saturated carbocycles. The number of hydrogen-bond donors (Lipinski definition) is 0. The predicted molar refractivity (Wildman–Crippen MR) is 110 cm³/mol. The highest BCUT2D eigenvalue weighted by Gasteiger charge is 2.26. The van der Waals surface area contributed by atoms with Crippen LogP contribution >= 0.6 is 11.3 Å². The van der Waals surface area contributed by atoms with E-state index in [0.717, 1.165) is 23.2 Å². The number of halogens is 1. The van der Waals surface area contributed by atoms with E-state index in [1.165, 1.54) is 17.4 Å². The van der Waals surface area contributed by atoms with Crippen LogP contribution < -0.4 is 9.64 Å². The third kappa shape index (κ3) is 3.80. The molecule has 3 aromatic rings. The number of fused-ring (bicyclic) bond motifs is 1. The molecular formula is C21H22FN3O2S. The Hall–Kier alpha value is -2.67. The fourth-order valence-electron chi connectivity index (χ4n) is 3.36. The maximum absolute atomic E-state index is 13.8. The van der Waals surface area contributed by atoms with Crippen molar-refractivity contribution in [1.29, 1.82) is 0 Å². The number of piperidine rings is 1. The fourth-order valence-corrected chi connectivity index (χ4v) is 4.26. The van der Waals surface area contributed by atoms with E-state index in [2.05, 4.69) is 4.98 Å². The number of nitrogens with zero attached hydrogens (tertiary/aromatic N) is 3. The number of carbonyl (C=O) groups excluding carboxylic acids is 1. The van der Waals surface area contributed by atoms with Gasteiger partial charge in [0, 0.05) is 51.3 Å². The second-order valence-electron chi connectivity index (χ2n) is 7.12. The Morgan fingerprint density at radius 3 is 2.68 bits per heavy atom. The van der Waals surface area contributed by atoms with E-state index in [1.807, 2.05) is 54.2 Å². The lowest BCUT2D eigenvalue weighted by atomic mass is 10.1. The normalized spacial score (nSPS) is 15.0. The molecule has 4 rings (SSSR count). The molecular weight excluding hydrogens is 377 g/mol. The van der Waals surface area contributed by atoms with Crippen LogP contribution in [-0.4, -0.2) is 49.1 Å². The number of carbonyl (C=O) groups is 1. The van der Waals surface area contributed by atoms with Crippen LogP contribution in [0, 0.1) is 5.82 Å². The molecule has 0 N–H and O–H groups in total. The van der Waals surface area contributed by atoms with Crippen molar-refractivity contribution in [1.82, 2.24) is 9.88 Å². The van der Waals surface area contributed by atoms with Gasteiger partial charge in [0.25, 0.3) is 11.1 Å². The van der Waals surface area contributed by atoms with Crippen molar-refractivity contribution in [3.05, 3.63) is 53.8 Å². The quantitative estimate of drug-likeness (QED) is 0.660. The largest absolute Gasteiger partial charge is 0.467 e. The minimum atomic E-state index is -0.330. The van der Waals surface area contributed by atoms with Crippen molar-refractivity contribution in [3.8, 4) is 5.19 Å². The molecule has 0 radical (unpaired) electrons. The summed E-state index contributed by atoms with van der Waals surface area (Å²) in [4.78, 5) is 20.9. The summed E-state index contributed by atoms with van der Waals surface area (Å²) in [7, 11) is 3.92. The Balaban J connectivity index is 1.38. The number of amides is 1. The Kier molecular flexibility index (Phi) is 5.17. The van der Waals surface area contributed by atoms with Gasteiger partial charge in [-0.15, -0.1) is 0 Å². The van der Waals surface area contributed by atoms with Gasteiger partial charge in [-0.2, -0.15) is 4.98 Å². The molecule has 0 bridgehead atoms. The van der Waals surface area contributed by atoms with E-state index in [-0.39, 0.29) is 17.8 Å². The molecule has 1 fully saturated rings. The van der Waals surface area contributed by atoms with Gasteiger partial charge in [-0.25, -0.2) is 4.39 Å². The van der Waals surface area contributed by atoms with E-state index in [4.69, 9.17) is 4.74 Å². The average molecular weight is 399 g/mol. The molecule has 2 heterocycles. The molecule has 28 heavy (non-hydrogen) atoms. The van der Waals surface area contributed by atoms with Gasteiger partial charge in [-0.1, -0.05) is 23.5 Å². The van der Waals surface area contributed by atoms with Crippen LogP contribution in [0.5, 0.6) is 5.19 Å². The number of benzene rings is 2. The van der Waals surface area contributed by atoms with Crippen LogP contribution in [0.3, 0.4) is 0 Å². The Labute approximate surface area is 167 Å². The van der Waals surface area contributed by atoms with E-state index in [9.17, 15) is 9.18 Å². The first kappa shape index (κ1) is 18.7. The first-order chi connectivity index (χ1) is 13.5. The molecule has 0 aliphatic carbocycles. The number of likely N-dealkylation sites (tertiary alicyclic amines) is 1. The summed E-state index contributed by atoms with van der Waals surface area (Å²) in [5.74, 6) is -0.284. The number of para-hydroxylation sites is 1. The van der Waals surface area contributed by atoms with Gasteiger partial charge in [0.15, 0.2) is 0 Å². The van der Waals surface area contributed by atoms with Crippen LogP contribution in [-0.2, 0) is 0 Å². The number of anilines is 1. The van der Waals surface area contributed by atoms with Gasteiger partial charge < -0.3 is 14.5 Å². The predicted octanol–water partition coefficient (Wildman–Crippen LogP) is 4.19. The average Bonchev–Trinajstić information content (AvgIpc) is 3.12. The van der Waals surface area contributed by atoms with Gasteiger partial charge in [0.2, 0.25) is 0 Å². The van der Waals surface area contributed by atoms with Crippen molar-refractivity contribution < 1.29 is 13.9 Å². The lowest BCUT2D eigenvalue weighted by Crippen LogP contribution is -2.41. The van der Waals surface area contributed by atoms with Crippen LogP contribution in [0.1, 0.15) is 23.2 Å². The maximum atomic E-state index is 13.8. The summed E-state index contributed by atoms with van der Waals surface area (Å²) in [5, 5.41) is 0.489. The zero-order chi connectivity index (χ0) is 19.7. The lowest BCUT2D eigenvalue weighted by molar-refractivity contribution is 0.0595. The van der Waals surface area contributed by atoms with E-state index in [1.54, 1.807) is 6.07 Å². The van der Waals surface area contributed by atoms with Crippen LogP contribution in [0.4, 0.5) is 10.1 Å². The molecule has 1 saturated heterocycles. The van der Waals surface area contributed by atoms with E-state index in [0.29, 0.717) is 29.4 Å². The third-order valence-corrected chi connectivity index (χ3v) is 5.87. The highest BCUT2D eigenvalue weighted by molar-refractivity contribution is 7.20. The van der Waals surface area contributed by atoms with Crippen molar-refractivity contribution in [2.24, 2.45) is 0 Å². The molecule has 1 aliphatic heterocycles. The summed E-state index contributed by atoms with van der Waals surface area (Å²) in [6.07, 6.45) is 1.45. The molecule has 0 spiro atoms. The molecule has 2 aromatic carbocycles. The van der Waals surface area contributed by atoms with Gasteiger partial charge in [0.05, 0.1) is 4.70 Å². The van der Waals surface area contributed by atoms with Crippen molar-refractivity contribution in [2.45, 2.75) is 18.9 Å². The summed E-state index contributed by atoms with van der Waals surface area (Å²) in [6.45, 7) is 1.27. The number of rotatable bonds is 4. The second-order valence-corrected chi connectivity index (χ2v) is 8.11. The Morgan fingerprint density at radius 1 is 1.21 bits per heavy atom. The summed E-state index contributed by atoms with van der Waals surface area (Å²) >= 11 is 1.35. The monoisotopic (exact) mass is 399 g/mol. The van der Waals surface area contributed by atoms with Gasteiger partial charge >= 0.3 is 0 Å². The third-order valence-electron chi connectivity index (χ3n) is 4.96.